The fraction of sp³-hybridized carbons (Fsp3) is 0.889. The second-order valence-electron chi connectivity index (χ2n) is 12.1. The van der Waals surface area contributed by atoms with E-state index in [1.54, 1.807) is 5.57 Å². The van der Waals surface area contributed by atoms with Crippen molar-refractivity contribution in [3.05, 3.63) is 18.6 Å². The lowest BCUT2D eigenvalue weighted by molar-refractivity contribution is -0.0537. The van der Waals surface area contributed by atoms with Gasteiger partial charge in [-0.05, 0) is 119 Å². The zero-order valence-electron chi connectivity index (χ0n) is 19.4. The number of aliphatic hydroxyl groups excluding tert-OH is 1. The molecule has 0 spiro atoms. The quantitative estimate of drug-likeness (QED) is 0.427. The largest absolute Gasteiger partial charge is 0.393 e. The average molecular weight is 402 g/mol. The number of rotatable bonds is 5. The summed E-state index contributed by atoms with van der Waals surface area (Å²) in [5.41, 5.74) is 1.50. The number of fused-ring (bicyclic) bond motifs is 5. The van der Waals surface area contributed by atoms with Crippen LogP contribution in [0.2, 0.25) is 0 Å². The van der Waals surface area contributed by atoms with E-state index in [9.17, 15) is 10.2 Å². The maximum absolute atomic E-state index is 10.9. The van der Waals surface area contributed by atoms with Gasteiger partial charge in [-0.1, -0.05) is 25.5 Å². The van der Waals surface area contributed by atoms with Crippen LogP contribution in [0.3, 0.4) is 0 Å². The van der Waals surface area contributed by atoms with Crippen molar-refractivity contribution < 1.29 is 10.2 Å². The summed E-state index contributed by atoms with van der Waals surface area (Å²) >= 11 is 0. The van der Waals surface area contributed by atoms with Gasteiger partial charge < -0.3 is 10.2 Å². The summed E-state index contributed by atoms with van der Waals surface area (Å²) < 4.78 is 0. The third kappa shape index (κ3) is 3.93. The Morgan fingerprint density at radius 1 is 1.07 bits per heavy atom. The molecule has 3 saturated carbocycles. The first kappa shape index (κ1) is 21.8. The van der Waals surface area contributed by atoms with Crippen molar-refractivity contribution in [2.45, 2.75) is 104 Å². The van der Waals surface area contributed by atoms with Crippen LogP contribution in [0.1, 0.15) is 91.9 Å². The molecule has 164 valence electrons. The van der Waals surface area contributed by atoms with Crippen molar-refractivity contribution in [2.75, 3.05) is 0 Å². The molecule has 0 aliphatic heterocycles. The average Bonchev–Trinajstić information content (AvgIpc) is 3.01. The first-order valence-electron chi connectivity index (χ1n) is 12.5. The van der Waals surface area contributed by atoms with Gasteiger partial charge in [0.25, 0.3) is 0 Å². The summed E-state index contributed by atoms with van der Waals surface area (Å²) in [6, 6.07) is 0. The van der Waals surface area contributed by atoms with Gasteiger partial charge in [0, 0.05) is 0 Å². The van der Waals surface area contributed by atoms with Gasteiger partial charge in [-0.25, -0.2) is 0 Å². The Kier molecular flexibility index (Phi) is 5.92. The molecule has 0 saturated heterocycles. The summed E-state index contributed by atoms with van der Waals surface area (Å²) in [4.78, 5) is 0. The number of aliphatic hydroxyl groups is 2. The van der Waals surface area contributed by atoms with E-state index in [-0.39, 0.29) is 6.10 Å². The highest BCUT2D eigenvalue weighted by molar-refractivity contribution is 5.21. The molecule has 0 aromatic rings. The first-order chi connectivity index (χ1) is 13.6. The van der Waals surface area contributed by atoms with Crippen LogP contribution < -0.4 is 0 Å². The Balaban J connectivity index is 1.48. The zero-order valence-corrected chi connectivity index (χ0v) is 19.4. The molecular weight excluding hydrogens is 356 g/mol. The maximum atomic E-state index is 10.9. The van der Waals surface area contributed by atoms with Gasteiger partial charge in [0.05, 0.1) is 24.5 Å². The van der Waals surface area contributed by atoms with Crippen molar-refractivity contribution in [3.8, 4) is 0 Å². The predicted octanol–water partition coefficient (Wildman–Crippen LogP) is 6.17. The summed E-state index contributed by atoms with van der Waals surface area (Å²) in [7, 11) is 0. The molecule has 4 rings (SSSR count). The second kappa shape index (κ2) is 7.90. The Bertz CT molecular complexity index is 620. The summed E-state index contributed by atoms with van der Waals surface area (Å²) in [5, 5.41) is 21.5. The molecule has 0 heterocycles. The van der Waals surface area contributed by atoms with Gasteiger partial charge in [-0.2, -0.15) is 0 Å². The van der Waals surface area contributed by atoms with Gasteiger partial charge in [0.1, 0.15) is 0 Å². The van der Waals surface area contributed by atoms with Crippen molar-refractivity contribution in [3.63, 3.8) is 0 Å². The van der Waals surface area contributed by atoms with Crippen LogP contribution in [-0.4, -0.2) is 21.9 Å². The van der Waals surface area contributed by atoms with Gasteiger partial charge in [-0.15, -0.1) is 0 Å². The summed E-state index contributed by atoms with van der Waals surface area (Å²) in [5.74, 6) is 4.74. The van der Waals surface area contributed by atoms with E-state index in [2.05, 4.69) is 33.8 Å². The van der Waals surface area contributed by atoms with E-state index in [1.165, 1.54) is 38.5 Å². The van der Waals surface area contributed by atoms with Crippen molar-refractivity contribution in [1.29, 1.82) is 0 Å². The molecule has 29 heavy (non-hydrogen) atoms. The van der Waals surface area contributed by atoms with E-state index < -0.39 is 5.60 Å². The lowest BCUT2D eigenvalue weighted by atomic mass is 9.50. The molecule has 0 amide bonds. The van der Waals surface area contributed by atoms with Crippen molar-refractivity contribution >= 4 is 0 Å². The number of hydrogen-bond acceptors (Lipinski definition) is 2. The molecule has 2 N–H and O–H groups in total. The van der Waals surface area contributed by atoms with Gasteiger partial charge in [0.15, 0.2) is 0 Å². The Morgan fingerprint density at radius 3 is 2.55 bits per heavy atom. The van der Waals surface area contributed by atoms with Crippen LogP contribution in [0.5, 0.6) is 0 Å². The molecule has 2 heteroatoms. The highest BCUT2D eigenvalue weighted by Gasteiger charge is 2.57. The molecule has 1 unspecified atom stereocenters. The third-order valence-electron chi connectivity index (χ3n) is 9.99. The third-order valence-corrected chi connectivity index (χ3v) is 9.99. The van der Waals surface area contributed by atoms with Crippen LogP contribution >= 0.6 is 0 Å². The van der Waals surface area contributed by atoms with Crippen LogP contribution in [0.15, 0.2) is 11.6 Å². The molecule has 4 aliphatic carbocycles. The molecule has 4 aliphatic rings. The van der Waals surface area contributed by atoms with Gasteiger partial charge in [0.2, 0.25) is 0 Å². The first-order valence-corrected chi connectivity index (χ1v) is 12.5. The topological polar surface area (TPSA) is 40.5 Å². The summed E-state index contributed by atoms with van der Waals surface area (Å²) in [6.07, 6.45) is 13.9. The van der Waals surface area contributed by atoms with Gasteiger partial charge >= 0.3 is 0 Å². The van der Waals surface area contributed by atoms with E-state index in [0.29, 0.717) is 23.2 Å². The Hall–Kier alpha value is -0.470. The van der Waals surface area contributed by atoms with Crippen molar-refractivity contribution in [1.82, 2.24) is 0 Å². The molecule has 0 radical (unpaired) electrons. The molecule has 0 aromatic heterocycles. The normalized spacial score (nSPS) is 47.4. The Morgan fingerprint density at radius 2 is 1.83 bits per heavy atom. The summed E-state index contributed by atoms with van der Waals surface area (Å²) in [6.45, 7) is 13.2. The standard InChI is InChI=1S/C27H45O2/c1-17(2)6-11-25(28)18(3)23-9-10-24-22-8-7-19-16-26(4,29)14-12-20(19)21(22)13-15-27(23,24)5/h7,17-18,20-25,28-29H,1,6,8-16H2,2-5H3/q+1/t17?,18-,20-,21+,22+,23+,24-,25-,26-,27+/m0/s1. The maximum Gasteiger partial charge on any atom is 0.0925 e. The van der Waals surface area contributed by atoms with Crippen LogP contribution in [0.25, 0.3) is 0 Å². The smallest absolute Gasteiger partial charge is 0.0925 e. The predicted molar refractivity (Wildman–Crippen MR) is 120 cm³/mol. The zero-order chi connectivity index (χ0) is 21.0. The minimum Gasteiger partial charge on any atom is -0.393 e. The molecule has 10 atom stereocenters. The molecule has 0 bridgehead atoms. The van der Waals surface area contributed by atoms with Crippen LogP contribution in [-0.2, 0) is 0 Å². The fourth-order valence-corrected chi connectivity index (χ4v) is 8.36. The van der Waals surface area contributed by atoms with Crippen LogP contribution in [0, 0.1) is 53.8 Å². The lowest BCUT2D eigenvalue weighted by Gasteiger charge is -2.55. The van der Waals surface area contributed by atoms with Gasteiger partial charge in [-0.3, -0.25) is 0 Å². The molecule has 0 aromatic carbocycles. The fourth-order valence-electron chi connectivity index (χ4n) is 8.36. The van der Waals surface area contributed by atoms with E-state index >= 15 is 0 Å². The van der Waals surface area contributed by atoms with E-state index in [4.69, 9.17) is 0 Å². The monoisotopic (exact) mass is 401 g/mol. The second-order valence-corrected chi connectivity index (χ2v) is 12.1. The molecule has 3 fully saturated rings. The highest BCUT2D eigenvalue weighted by atomic mass is 16.3. The minimum atomic E-state index is -0.478. The number of allylic oxidation sites excluding steroid dienone is 1. The van der Waals surface area contributed by atoms with E-state index in [1.807, 2.05) is 6.92 Å². The van der Waals surface area contributed by atoms with E-state index in [0.717, 1.165) is 49.4 Å². The minimum absolute atomic E-state index is 0.170. The Labute approximate surface area is 179 Å². The molecular formula is C27H45O2+. The molecule has 2 nitrogen and oxygen atoms in total. The lowest BCUT2D eigenvalue weighted by Crippen LogP contribution is -2.48. The van der Waals surface area contributed by atoms with Crippen LogP contribution in [0.4, 0.5) is 0 Å². The number of hydrogen-bond donors (Lipinski definition) is 2. The SMILES string of the molecule is [CH2+]C(C)CC[C@H](O)[C@@H](C)[C@H]1CC[C@H]2[C@@H]3CC=C4C[C@@](C)(O)CC[C@@H]4[C@H]3CC[C@]12C. The highest BCUT2D eigenvalue weighted by Crippen LogP contribution is 2.65. The van der Waals surface area contributed by atoms with Crippen molar-refractivity contribution in [2.24, 2.45) is 46.8 Å².